The molecule has 3 aromatic rings. The number of alkyl halides is 2. The van der Waals surface area contributed by atoms with Gasteiger partial charge >= 0.3 is 12.6 Å². The third kappa shape index (κ3) is 4.44. The Hall–Kier alpha value is -3.22. The maximum absolute atomic E-state index is 12.5. The summed E-state index contributed by atoms with van der Waals surface area (Å²) in [6.45, 7) is -2.47. The number of carbonyl (C=O) groups is 1. The largest absolute Gasteiger partial charge is 0.432 e. The van der Waals surface area contributed by atoms with E-state index in [1.165, 1.54) is 18.3 Å². The molecule has 0 radical (unpaired) electrons. The van der Waals surface area contributed by atoms with E-state index in [-0.39, 0.29) is 17.3 Å². The summed E-state index contributed by atoms with van der Waals surface area (Å²) in [6, 6.07) is 15.6. The minimum absolute atomic E-state index is 0.0364. The topological polar surface area (TPSA) is 63.2 Å². The number of anilines is 1. The molecule has 0 bridgehead atoms. The Bertz CT molecular complexity index is 888. The number of hydrogen-bond acceptors (Lipinski definition) is 3. The number of carbonyl (C=O) groups excluding carboxylic acids is 1. The molecule has 0 atom stereocenters. The van der Waals surface area contributed by atoms with Crippen molar-refractivity contribution >= 4 is 22.6 Å². The second-order valence-corrected chi connectivity index (χ2v) is 5.51. The van der Waals surface area contributed by atoms with Crippen LogP contribution in [0.5, 0.6) is 5.75 Å². The maximum Gasteiger partial charge on any atom is 0.387 e. The van der Waals surface area contributed by atoms with Gasteiger partial charge in [-0.3, -0.25) is 4.98 Å². The fourth-order valence-corrected chi connectivity index (χ4v) is 2.58. The normalized spacial score (nSPS) is 10.7. The maximum atomic E-state index is 12.5. The molecule has 5 nitrogen and oxygen atoms in total. The predicted octanol–water partition coefficient (Wildman–Crippen LogP) is 4.20. The minimum Gasteiger partial charge on any atom is -0.432 e. The van der Waals surface area contributed by atoms with Crippen molar-refractivity contribution in [3.8, 4) is 5.75 Å². The van der Waals surface area contributed by atoms with Gasteiger partial charge in [-0.15, -0.1) is 0 Å². The summed E-state index contributed by atoms with van der Waals surface area (Å²) in [5.41, 5.74) is 1.85. The van der Waals surface area contributed by atoms with Gasteiger partial charge in [0.05, 0.1) is 5.69 Å². The van der Waals surface area contributed by atoms with E-state index < -0.39 is 6.61 Å². The van der Waals surface area contributed by atoms with Crippen molar-refractivity contribution < 1.29 is 18.3 Å². The second-order valence-electron chi connectivity index (χ2n) is 5.51. The summed E-state index contributed by atoms with van der Waals surface area (Å²) in [5, 5.41) is 6.01. The summed E-state index contributed by atoms with van der Waals surface area (Å²) in [5.74, 6) is -0.0364. The van der Waals surface area contributed by atoms with E-state index in [1.54, 1.807) is 12.1 Å². The minimum atomic E-state index is -2.94. The van der Waals surface area contributed by atoms with E-state index in [1.807, 2.05) is 30.3 Å². The Morgan fingerprint density at radius 3 is 2.65 bits per heavy atom. The first kappa shape index (κ1) is 17.6. The lowest BCUT2D eigenvalue weighted by molar-refractivity contribution is -0.0489. The summed E-state index contributed by atoms with van der Waals surface area (Å²) in [4.78, 5) is 16.2. The van der Waals surface area contributed by atoms with E-state index in [9.17, 15) is 13.6 Å². The van der Waals surface area contributed by atoms with Crippen LogP contribution < -0.4 is 15.4 Å². The van der Waals surface area contributed by atoms with Crippen LogP contribution in [0.3, 0.4) is 0 Å². The molecule has 2 aromatic carbocycles. The number of hydrogen-bond donors (Lipinski definition) is 2. The lowest BCUT2D eigenvalue weighted by Gasteiger charge is -2.12. The third-order valence-corrected chi connectivity index (χ3v) is 3.74. The number of benzene rings is 2. The van der Waals surface area contributed by atoms with Crippen LogP contribution in [0.25, 0.3) is 10.9 Å². The van der Waals surface area contributed by atoms with Crippen LogP contribution in [0.1, 0.15) is 5.56 Å². The molecular weight excluding hydrogens is 340 g/mol. The van der Waals surface area contributed by atoms with Crippen molar-refractivity contribution in [2.75, 3.05) is 11.9 Å². The first-order valence-electron chi connectivity index (χ1n) is 8.05. The molecule has 7 heteroatoms. The number of pyridine rings is 1. The quantitative estimate of drug-likeness (QED) is 0.695. The van der Waals surface area contributed by atoms with Crippen LogP contribution in [0.2, 0.25) is 0 Å². The molecule has 1 aromatic heterocycles. The van der Waals surface area contributed by atoms with Crippen molar-refractivity contribution in [3.63, 3.8) is 0 Å². The number of fused-ring (bicyclic) bond motifs is 1. The molecule has 0 saturated heterocycles. The average molecular weight is 357 g/mol. The molecule has 0 saturated carbocycles. The molecule has 0 fully saturated rings. The number of amides is 2. The highest BCUT2D eigenvalue weighted by molar-refractivity contribution is 6.02. The van der Waals surface area contributed by atoms with Crippen LogP contribution in [0.15, 0.2) is 60.8 Å². The molecule has 2 N–H and O–H groups in total. The number of aromatic nitrogens is 1. The number of rotatable bonds is 6. The van der Waals surface area contributed by atoms with E-state index in [2.05, 4.69) is 20.4 Å². The molecule has 2 amide bonds. The zero-order valence-electron chi connectivity index (χ0n) is 13.8. The van der Waals surface area contributed by atoms with Crippen LogP contribution in [0, 0.1) is 0 Å². The number of nitrogens with one attached hydrogen (secondary N) is 2. The molecule has 0 aliphatic rings. The highest BCUT2D eigenvalue weighted by atomic mass is 19.3. The van der Waals surface area contributed by atoms with Crippen LogP contribution in [0.4, 0.5) is 19.3 Å². The molecule has 26 heavy (non-hydrogen) atoms. The summed E-state index contributed by atoms with van der Waals surface area (Å²) in [6.07, 6.45) is 2.18. The summed E-state index contributed by atoms with van der Waals surface area (Å²) < 4.78 is 29.5. The van der Waals surface area contributed by atoms with E-state index in [0.717, 1.165) is 5.56 Å². The summed E-state index contributed by atoms with van der Waals surface area (Å²) in [7, 11) is 0. The van der Waals surface area contributed by atoms with Gasteiger partial charge < -0.3 is 15.4 Å². The van der Waals surface area contributed by atoms with E-state index in [0.29, 0.717) is 24.0 Å². The molecular formula is C19H17F2N3O2. The van der Waals surface area contributed by atoms with Crippen molar-refractivity contribution in [2.24, 2.45) is 0 Å². The summed E-state index contributed by atoms with van der Waals surface area (Å²) >= 11 is 0. The second kappa shape index (κ2) is 8.24. The van der Waals surface area contributed by atoms with Gasteiger partial charge in [-0.25, -0.2) is 4.79 Å². The Morgan fingerprint density at radius 2 is 1.88 bits per heavy atom. The number of halogens is 2. The van der Waals surface area contributed by atoms with Gasteiger partial charge in [0.2, 0.25) is 0 Å². The Kier molecular flexibility index (Phi) is 5.58. The molecule has 0 spiro atoms. The fourth-order valence-electron chi connectivity index (χ4n) is 2.58. The van der Waals surface area contributed by atoms with Crippen LogP contribution in [-0.4, -0.2) is 24.2 Å². The molecule has 0 aliphatic heterocycles. The first-order valence-corrected chi connectivity index (χ1v) is 8.05. The number of urea groups is 1. The smallest absolute Gasteiger partial charge is 0.387 e. The van der Waals surface area contributed by atoms with Crippen molar-refractivity contribution in [3.05, 3.63) is 66.4 Å². The number of ether oxygens (including phenoxy) is 1. The highest BCUT2D eigenvalue weighted by Crippen LogP contribution is 2.30. The van der Waals surface area contributed by atoms with E-state index in [4.69, 9.17) is 0 Å². The van der Waals surface area contributed by atoms with E-state index >= 15 is 0 Å². The van der Waals surface area contributed by atoms with Gasteiger partial charge in [0, 0.05) is 18.1 Å². The highest BCUT2D eigenvalue weighted by Gasteiger charge is 2.13. The molecule has 134 valence electrons. The molecule has 1 heterocycles. The van der Waals surface area contributed by atoms with Gasteiger partial charge in [-0.1, -0.05) is 30.3 Å². The SMILES string of the molecule is O=C(NCCc1ccccc1)Nc1ccc(OC(F)F)c2ncccc12. The van der Waals surface area contributed by atoms with Gasteiger partial charge in [0.25, 0.3) is 0 Å². The van der Waals surface area contributed by atoms with Crippen molar-refractivity contribution in [1.29, 1.82) is 0 Å². The van der Waals surface area contributed by atoms with Crippen LogP contribution >= 0.6 is 0 Å². The third-order valence-electron chi connectivity index (χ3n) is 3.74. The lowest BCUT2D eigenvalue weighted by atomic mass is 10.1. The Labute approximate surface area is 149 Å². The first-order chi connectivity index (χ1) is 12.6. The van der Waals surface area contributed by atoms with Gasteiger partial charge in [-0.05, 0) is 36.2 Å². The van der Waals surface area contributed by atoms with Gasteiger partial charge in [-0.2, -0.15) is 8.78 Å². The van der Waals surface area contributed by atoms with Gasteiger partial charge in [0.15, 0.2) is 5.75 Å². The zero-order valence-corrected chi connectivity index (χ0v) is 13.8. The van der Waals surface area contributed by atoms with Crippen molar-refractivity contribution in [2.45, 2.75) is 13.0 Å². The predicted molar refractivity (Wildman–Crippen MR) is 95.5 cm³/mol. The standard InChI is InChI=1S/C19H17F2N3O2/c20-18(21)26-16-9-8-15(14-7-4-11-22-17(14)16)24-19(25)23-12-10-13-5-2-1-3-6-13/h1-9,11,18H,10,12H2,(H2,23,24,25). The van der Waals surface area contributed by atoms with Crippen molar-refractivity contribution in [1.82, 2.24) is 10.3 Å². The molecule has 0 aliphatic carbocycles. The average Bonchev–Trinajstić information content (AvgIpc) is 2.64. The molecule has 0 unspecified atom stereocenters. The zero-order chi connectivity index (χ0) is 18.4. The fraction of sp³-hybridized carbons (Fsp3) is 0.158. The van der Waals surface area contributed by atoms with Gasteiger partial charge in [0.1, 0.15) is 5.52 Å². The monoisotopic (exact) mass is 357 g/mol. The Morgan fingerprint density at radius 1 is 1.08 bits per heavy atom. The Balaban J connectivity index is 1.67. The van der Waals surface area contributed by atoms with Crippen LogP contribution in [-0.2, 0) is 6.42 Å². The number of nitrogens with zero attached hydrogens (tertiary/aromatic N) is 1. The lowest BCUT2D eigenvalue weighted by Crippen LogP contribution is -2.30. The molecule has 3 rings (SSSR count).